The van der Waals surface area contributed by atoms with E-state index in [0.29, 0.717) is 13.0 Å². The van der Waals surface area contributed by atoms with E-state index < -0.39 is 18.1 Å². The van der Waals surface area contributed by atoms with Gasteiger partial charge in [0.25, 0.3) is 0 Å². The van der Waals surface area contributed by atoms with Crippen LogP contribution in [0.5, 0.6) is 0 Å². The molecule has 2 saturated heterocycles. The van der Waals surface area contributed by atoms with Crippen LogP contribution in [0.15, 0.2) is 60.7 Å². The number of benzene rings is 2. The fourth-order valence-corrected chi connectivity index (χ4v) is 5.21. The van der Waals surface area contributed by atoms with Gasteiger partial charge in [-0.15, -0.1) is 0 Å². The Morgan fingerprint density at radius 2 is 1.56 bits per heavy atom. The number of hydrogen-bond acceptors (Lipinski definition) is 5. The van der Waals surface area contributed by atoms with Crippen molar-refractivity contribution in [1.29, 1.82) is 0 Å². The van der Waals surface area contributed by atoms with Gasteiger partial charge in [-0.2, -0.15) is 0 Å². The summed E-state index contributed by atoms with van der Waals surface area (Å²) in [6, 6.07) is 17.7. The SMILES string of the molecule is CN[C@@H](C)C(=O)NC1CN(C)CC[C@H]2CC[C@@H](C(=O)NC(c3ccccc3)c3ccccc3)N2C1=O. The van der Waals surface area contributed by atoms with E-state index >= 15 is 0 Å². The van der Waals surface area contributed by atoms with Gasteiger partial charge in [0.05, 0.1) is 12.1 Å². The molecule has 3 N–H and O–H groups in total. The summed E-state index contributed by atoms with van der Waals surface area (Å²) in [5.41, 5.74) is 1.97. The largest absolute Gasteiger partial charge is 0.343 e. The molecule has 2 aromatic carbocycles. The summed E-state index contributed by atoms with van der Waals surface area (Å²) < 4.78 is 0. The summed E-state index contributed by atoms with van der Waals surface area (Å²) in [7, 11) is 3.68. The minimum atomic E-state index is -0.700. The second kappa shape index (κ2) is 11.7. The molecule has 192 valence electrons. The molecule has 2 heterocycles. The number of nitrogens with zero attached hydrogens (tertiary/aromatic N) is 2. The van der Waals surface area contributed by atoms with E-state index in [1.807, 2.05) is 67.7 Å². The van der Waals surface area contributed by atoms with Crippen LogP contribution in [-0.2, 0) is 14.4 Å². The zero-order valence-electron chi connectivity index (χ0n) is 21.3. The van der Waals surface area contributed by atoms with Crippen LogP contribution in [0.3, 0.4) is 0 Å². The standard InChI is InChI=1S/C28H37N5O3/c1-19(29-2)26(34)30-23-18-32(3)17-16-22-14-15-24(33(22)28(23)36)27(35)31-25(20-10-6-4-7-11-20)21-12-8-5-9-13-21/h4-13,19,22-25,29H,14-18H2,1-3H3,(H,30,34)(H,31,35)/t19-,22+,23?,24-/m0/s1. The van der Waals surface area contributed by atoms with Crippen LogP contribution < -0.4 is 16.0 Å². The lowest BCUT2D eigenvalue weighted by Crippen LogP contribution is -2.61. The Labute approximate surface area is 213 Å². The highest BCUT2D eigenvalue weighted by Crippen LogP contribution is 2.30. The number of amides is 3. The fraction of sp³-hybridized carbons (Fsp3) is 0.464. The van der Waals surface area contributed by atoms with Crippen LogP contribution >= 0.6 is 0 Å². The molecule has 0 aromatic heterocycles. The number of rotatable bonds is 7. The Morgan fingerprint density at radius 1 is 0.944 bits per heavy atom. The third-order valence-corrected chi connectivity index (χ3v) is 7.39. The quantitative estimate of drug-likeness (QED) is 0.548. The molecule has 4 atom stereocenters. The molecule has 0 saturated carbocycles. The summed E-state index contributed by atoms with van der Waals surface area (Å²) >= 11 is 0. The molecule has 2 aliphatic heterocycles. The van der Waals surface area contributed by atoms with Crippen LogP contribution in [0.25, 0.3) is 0 Å². The lowest BCUT2D eigenvalue weighted by molar-refractivity contribution is -0.145. The average molecular weight is 492 g/mol. The smallest absolute Gasteiger partial charge is 0.247 e. The summed E-state index contributed by atoms with van der Waals surface area (Å²) in [6.45, 7) is 2.97. The Bertz CT molecular complexity index is 1010. The van der Waals surface area contributed by atoms with E-state index in [1.54, 1.807) is 18.9 Å². The van der Waals surface area contributed by atoms with Gasteiger partial charge in [-0.1, -0.05) is 60.7 Å². The molecule has 4 rings (SSSR count). The maximum Gasteiger partial charge on any atom is 0.247 e. The monoisotopic (exact) mass is 491 g/mol. The van der Waals surface area contributed by atoms with Crippen molar-refractivity contribution in [3.8, 4) is 0 Å². The number of fused-ring (bicyclic) bond motifs is 1. The van der Waals surface area contributed by atoms with Crippen molar-refractivity contribution in [3.63, 3.8) is 0 Å². The van der Waals surface area contributed by atoms with Crippen molar-refractivity contribution in [1.82, 2.24) is 25.8 Å². The predicted molar refractivity (Wildman–Crippen MR) is 139 cm³/mol. The lowest BCUT2D eigenvalue weighted by Gasteiger charge is -2.38. The van der Waals surface area contributed by atoms with Gasteiger partial charge in [-0.05, 0) is 58.0 Å². The van der Waals surface area contributed by atoms with Crippen molar-refractivity contribution in [2.24, 2.45) is 0 Å². The van der Waals surface area contributed by atoms with E-state index in [-0.39, 0.29) is 29.8 Å². The second-order valence-corrected chi connectivity index (χ2v) is 9.88. The molecule has 8 heteroatoms. The minimum Gasteiger partial charge on any atom is -0.343 e. The van der Waals surface area contributed by atoms with Crippen molar-refractivity contribution in [2.75, 3.05) is 27.2 Å². The molecule has 2 fully saturated rings. The Kier molecular flexibility index (Phi) is 8.38. The van der Waals surface area contributed by atoms with E-state index in [9.17, 15) is 14.4 Å². The number of nitrogens with one attached hydrogen (secondary N) is 3. The third-order valence-electron chi connectivity index (χ3n) is 7.39. The first-order valence-electron chi connectivity index (χ1n) is 12.8. The van der Waals surface area contributed by atoms with Crippen LogP contribution in [-0.4, -0.2) is 78.9 Å². The van der Waals surface area contributed by atoms with E-state index in [4.69, 9.17) is 0 Å². The van der Waals surface area contributed by atoms with Gasteiger partial charge in [-0.25, -0.2) is 0 Å². The van der Waals surface area contributed by atoms with Crippen molar-refractivity contribution < 1.29 is 14.4 Å². The molecule has 0 radical (unpaired) electrons. The van der Waals surface area contributed by atoms with E-state index in [1.165, 1.54) is 0 Å². The first-order chi connectivity index (χ1) is 17.4. The Hall–Kier alpha value is -3.23. The van der Waals surface area contributed by atoms with Gasteiger partial charge < -0.3 is 25.8 Å². The molecular weight excluding hydrogens is 454 g/mol. The minimum absolute atomic E-state index is 0.0240. The van der Waals surface area contributed by atoms with Crippen molar-refractivity contribution in [3.05, 3.63) is 71.8 Å². The Morgan fingerprint density at radius 3 is 2.14 bits per heavy atom. The maximum atomic E-state index is 13.8. The van der Waals surface area contributed by atoms with E-state index in [2.05, 4.69) is 20.9 Å². The maximum absolute atomic E-state index is 13.8. The van der Waals surface area contributed by atoms with Crippen LogP contribution in [0.2, 0.25) is 0 Å². The van der Waals surface area contributed by atoms with Gasteiger partial charge in [-0.3, -0.25) is 14.4 Å². The normalized spacial score (nSPS) is 23.5. The van der Waals surface area contributed by atoms with Crippen molar-refractivity contribution >= 4 is 17.7 Å². The number of likely N-dealkylation sites (N-methyl/N-ethyl adjacent to an activating group) is 2. The highest BCUT2D eigenvalue weighted by atomic mass is 16.2. The highest BCUT2D eigenvalue weighted by molar-refractivity contribution is 5.94. The molecule has 3 amide bonds. The van der Waals surface area contributed by atoms with Crippen molar-refractivity contribution in [2.45, 2.75) is 56.4 Å². The molecular formula is C28H37N5O3. The summed E-state index contributed by atoms with van der Waals surface area (Å²) in [6.07, 6.45) is 2.18. The topological polar surface area (TPSA) is 93.8 Å². The predicted octanol–water partition coefficient (Wildman–Crippen LogP) is 1.68. The molecule has 1 unspecified atom stereocenters. The van der Waals surface area contributed by atoms with Gasteiger partial charge in [0.2, 0.25) is 17.7 Å². The van der Waals surface area contributed by atoms with Gasteiger partial charge in [0.1, 0.15) is 12.1 Å². The van der Waals surface area contributed by atoms with Crippen LogP contribution in [0, 0.1) is 0 Å². The van der Waals surface area contributed by atoms with Gasteiger partial charge in [0.15, 0.2) is 0 Å². The molecule has 8 nitrogen and oxygen atoms in total. The molecule has 36 heavy (non-hydrogen) atoms. The van der Waals surface area contributed by atoms with Gasteiger partial charge >= 0.3 is 0 Å². The lowest BCUT2D eigenvalue weighted by atomic mass is 9.98. The molecule has 2 aromatic rings. The second-order valence-electron chi connectivity index (χ2n) is 9.88. The molecule has 0 aliphatic carbocycles. The first kappa shape index (κ1) is 25.9. The number of carbonyl (C=O) groups is 3. The zero-order valence-corrected chi connectivity index (χ0v) is 21.3. The fourth-order valence-electron chi connectivity index (χ4n) is 5.21. The zero-order chi connectivity index (χ0) is 25.7. The number of hydrogen-bond donors (Lipinski definition) is 3. The van der Waals surface area contributed by atoms with E-state index in [0.717, 1.165) is 30.5 Å². The van der Waals surface area contributed by atoms with Crippen LogP contribution in [0.1, 0.15) is 43.4 Å². The highest BCUT2D eigenvalue weighted by Gasteiger charge is 2.45. The molecule has 2 aliphatic rings. The molecule has 0 spiro atoms. The average Bonchev–Trinajstić information content (AvgIpc) is 3.33. The summed E-state index contributed by atoms with van der Waals surface area (Å²) in [5, 5.41) is 9.07. The van der Waals surface area contributed by atoms with Gasteiger partial charge in [0, 0.05) is 12.6 Å². The Balaban J connectivity index is 1.57. The summed E-state index contributed by atoms with van der Waals surface area (Å²) in [5.74, 6) is -0.572. The number of carbonyl (C=O) groups excluding carboxylic acids is 3. The summed E-state index contributed by atoms with van der Waals surface area (Å²) in [4.78, 5) is 44.0. The molecule has 0 bridgehead atoms. The van der Waals surface area contributed by atoms with Crippen LogP contribution in [0.4, 0.5) is 0 Å². The third kappa shape index (κ3) is 5.77. The first-order valence-corrected chi connectivity index (χ1v) is 12.8.